The second-order valence-corrected chi connectivity index (χ2v) is 5.91. The first kappa shape index (κ1) is 16.4. The number of rotatable bonds is 5. The van der Waals surface area contributed by atoms with E-state index >= 15 is 0 Å². The van der Waals surface area contributed by atoms with Crippen LogP contribution in [0.25, 0.3) is 11.3 Å². The van der Waals surface area contributed by atoms with Gasteiger partial charge in [0.25, 0.3) is 0 Å². The quantitative estimate of drug-likeness (QED) is 0.700. The topological polar surface area (TPSA) is 61.0 Å². The van der Waals surface area contributed by atoms with E-state index in [0.29, 0.717) is 24.1 Å². The maximum absolute atomic E-state index is 6.03. The fourth-order valence-electron chi connectivity index (χ4n) is 2.63. The Hall–Kier alpha value is -2.43. The van der Waals surface area contributed by atoms with Gasteiger partial charge in [-0.3, -0.25) is 0 Å². The van der Waals surface area contributed by atoms with E-state index in [4.69, 9.17) is 22.1 Å². The molecule has 5 heteroatoms. The van der Waals surface area contributed by atoms with Gasteiger partial charge in [0.05, 0.1) is 18.9 Å². The Labute approximate surface area is 146 Å². The first-order valence-electron chi connectivity index (χ1n) is 7.64. The molecule has 0 bridgehead atoms. The number of halogens is 1. The molecule has 0 unspecified atom stereocenters. The van der Waals surface area contributed by atoms with E-state index in [0.717, 1.165) is 22.3 Å². The summed E-state index contributed by atoms with van der Waals surface area (Å²) < 4.78 is 5.88. The minimum Gasteiger partial charge on any atom is -0.372 e. The molecule has 24 heavy (non-hydrogen) atoms. The van der Waals surface area contributed by atoms with E-state index in [2.05, 4.69) is 9.97 Å². The fraction of sp³-hybridized carbons (Fsp3) is 0.158. The van der Waals surface area contributed by atoms with Crippen molar-refractivity contribution in [3.8, 4) is 11.3 Å². The molecule has 0 spiro atoms. The molecule has 0 radical (unpaired) electrons. The van der Waals surface area contributed by atoms with Crippen LogP contribution in [0.3, 0.4) is 0 Å². The molecule has 1 aromatic heterocycles. The fourth-order valence-corrected chi connectivity index (χ4v) is 2.82. The largest absolute Gasteiger partial charge is 0.372 e. The summed E-state index contributed by atoms with van der Waals surface area (Å²) in [4.78, 5) is 8.24. The standard InChI is InChI=1S/C19H18ClN3O/c1-13-6-5-9-15(12-24-11-14-7-3-2-4-8-14)18(13)16-10-17(20)23-19(21)22-16/h2-10H,11-12H2,1H3,(H2,21,22,23). The van der Waals surface area contributed by atoms with Gasteiger partial charge in [-0.15, -0.1) is 0 Å². The summed E-state index contributed by atoms with van der Waals surface area (Å²) in [6.45, 7) is 3.07. The van der Waals surface area contributed by atoms with E-state index < -0.39 is 0 Å². The Kier molecular flexibility index (Phi) is 5.08. The highest BCUT2D eigenvalue weighted by molar-refractivity contribution is 6.29. The lowest BCUT2D eigenvalue weighted by Crippen LogP contribution is -2.02. The molecule has 0 aliphatic heterocycles. The number of anilines is 1. The minimum absolute atomic E-state index is 0.164. The van der Waals surface area contributed by atoms with E-state index in [9.17, 15) is 0 Å². The first-order chi connectivity index (χ1) is 11.6. The molecule has 0 aliphatic rings. The predicted molar refractivity (Wildman–Crippen MR) is 96.6 cm³/mol. The zero-order valence-corrected chi connectivity index (χ0v) is 14.1. The molecule has 0 fully saturated rings. The molecule has 1 heterocycles. The number of nitrogens with zero attached hydrogens (tertiary/aromatic N) is 2. The third kappa shape index (κ3) is 3.91. The highest BCUT2D eigenvalue weighted by Crippen LogP contribution is 2.28. The average molecular weight is 340 g/mol. The number of aromatic nitrogens is 2. The van der Waals surface area contributed by atoms with Crippen LogP contribution in [0.5, 0.6) is 0 Å². The van der Waals surface area contributed by atoms with E-state index in [-0.39, 0.29) is 5.95 Å². The summed E-state index contributed by atoms with van der Waals surface area (Å²) in [5.41, 5.74) is 10.7. The van der Waals surface area contributed by atoms with Crippen LogP contribution in [0.1, 0.15) is 16.7 Å². The molecule has 0 aliphatic carbocycles. The first-order valence-corrected chi connectivity index (χ1v) is 8.02. The van der Waals surface area contributed by atoms with Crippen LogP contribution >= 0.6 is 11.6 Å². The monoisotopic (exact) mass is 339 g/mol. The smallest absolute Gasteiger partial charge is 0.221 e. The Morgan fingerprint density at radius 1 is 1.00 bits per heavy atom. The van der Waals surface area contributed by atoms with E-state index in [1.165, 1.54) is 0 Å². The summed E-state index contributed by atoms with van der Waals surface area (Å²) in [5.74, 6) is 0.164. The lowest BCUT2D eigenvalue weighted by atomic mass is 9.99. The Balaban J connectivity index is 1.85. The van der Waals surface area contributed by atoms with Gasteiger partial charge in [-0.05, 0) is 23.6 Å². The van der Waals surface area contributed by atoms with Crippen LogP contribution in [0.15, 0.2) is 54.6 Å². The minimum atomic E-state index is 0.164. The second kappa shape index (κ2) is 7.43. The van der Waals surface area contributed by atoms with Gasteiger partial charge in [0.15, 0.2) is 0 Å². The van der Waals surface area contributed by atoms with Crippen molar-refractivity contribution in [1.29, 1.82) is 0 Å². The number of ether oxygens (including phenoxy) is 1. The molecule has 2 N–H and O–H groups in total. The van der Waals surface area contributed by atoms with Crippen molar-refractivity contribution >= 4 is 17.5 Å². The van der Waals surface area contributed by atoms with Crippen LogP contribution in [-0.4, -0.2) is 9.97 Å². The van der Waals surface area contributed by atoms with Crippen LogP contribution < -0.4 is 5.73 Å². The van der Waals surface area contributed by atoms with Gasteiger partial charge in [0.1, 0.15) is 5.15 Å². The molecule has 3 rings (SSSR count). The molecule has 0 amide bonds. The van der Waals surface area contributed by atoms with Crippen molar-refractivity contribution in [2.75, 3.05) is 5.73 Å². The van der Waals surface area contributed by atoms with Gasteiger partial charge < -0.3 is 10.5 Å². The van der Waals surface area contributed by atoms with Crippen molar-refractivity contribution in [3.05, 3.63) is 76.4 Å². The number of hydrogen-bond donors (Lipinski definition) is 1. The normalized spacial score (nSPS) is 10.8. The van der Waals surface area contributed by atoms with Crippen molar-refractivity contribution in [1.82, 2.24) is 9.97 Å². The highest BCUT2D eigenvalue weighted by Gasteiger charge is 2.12. The summed E-state index contributed by atoms with van der Waals surface area (Å²) in [6, 6.07) is 17.9. The van der Waals surface area contributed by atoms with Crippen molar-refractivity contribution in [2.45, 2.75) is 20.1 Å². The summed E-state index contributed by atoms with van der Waals surface area (Å²) in [7, 11) is 0. The number of aryl methyl sites for hydroxylation is 1. The van der Waals surface area contributed by atoms with Gasteiger partial charge in [0, 0.05) is 11.6 Å². The second-order valence-electron chi connectivity index (χ2n) is 5.52. The molecule has 4 nitrogen and oxygen atoms in total. The number of nitrogen functional groups attached to an aromatic ring is 1. The molecule has 3 aromatic rings. The van der Waals surface area contributed by atoms with Gasteiger partial charge in [-0.2, -0.15) is 0 Å². The SMILES string of the molecule is Cc1cccc(COCc2ccccc2)c1-c1cc(Cl)nc(N)n1. The maximum Gasteiger partial charge on any atom is 0.221 e. The zero-order chi connectivity index (χ0) is 16.9. The summed E-state index contributed by atoms with van der Waals surface area (Å²) in [5, 5.41) is 0.330. The molecular weight excluding hydrogens is 322 g/mol. The molecule has 0 saturated heterocycles. The number of benzene rings is 2. The van der Waals surface area contributed by atoms with Crippen LogP contribution in [0.4, 0.5) is 5.95 Å². The molecule has 122 valence electrons. The van der Waals surface area contributed by atoms with Gasteiger partial charge in [-0.25, -0.2) is 9.97 Å². The van der Waals surface area contributed by atoms with Crippen molar-refractivity contribution in [3.63, 3.8) is 0 Å². The zero-order valence-electron chi connectivity index (χ0n) is 13.4. The van der Waals surface area contributed by atoms with E-state index in [1.54, 1.807) is 6.07 Å². The Bertz CT molecular complexity index is 817. The van der Waals surface area contributed by atoms with Crippen molar-refractivity contribution < 1.29 is 4.74 Å². The Morgan fingerprint density at radius 2 is 1.79 bits per heavy atom. The third-order valence-electron chi connectivity index (χ3n) is 3.70. The summed E-state index contributed by atoms with van der Waals surface area (Å²) >= 11 is 6.03. The Morgan fingerprint density at radius 3 is 2.54 bits per heavy atom. The van der Waals surface area contributed by atoms with E-state index in [1.807, 2.05) is 55.5 Å². The lowest BCUT2D eigenvalue weighted by Gasteiger charge is -2.13. The van der Waals surface area contributed by atoms with Crippen molar-refractivity contribution in [2.24, 2.45) is 0 Å². The van der Waals surface area contributed by atoms with Gasteiger partial charge in [0.2, 0.25) is 5.95 Å². The molecule has 0 atom stereocenters. The molecular formula is C19H18ClN3O. The van der Waals surface area contributed by atoms with Crippen LogP contribution in [0, 0.1) is 6.92 Å². The predicted octanol–water partition coefficient (Wildman–Crippen LogP) is 4.40. The number of nitrogens with two attached hydrogens (primary N) is 1. The number of hydrogen-bond acceptors (Lipinski definition) is 4. The maximum atomic E-state index is 6.03. The third-order valence-corrected chi connectivity index (χ3v) is 3.89. The summed E-state index contributed by atoms with van der Waals surface area (Å²) in [6.07, 6.45) is 0. The van der Waals surface area contributed by atoms with Crippen LogP contribution in [0.2, 0.25) is 5.15 Å². The molecule has 0 saturated carbocycles. The molecule has 2 aromatic carbocycles. The van der Waals surface area contributed by atoms with Crippen LogP contribution in [-0.2, 0) is 18.0 Å². The highest BCUT2D eigenvalue weighted by atomic mass is 35.5. The lowest BCUT2D eigenvalue weighted by molar-refractivity contribution is 0.107. The average Bonchev–Trinajstić information content (AvgIpc) is 2.55. The van der Waals surface area contributed by atoms with Gasteiger partial charge >= 0.3 is 0 Å². The van der Waals surface area contributed by atoms with Gasteiger partial charge in [-0.1, -0.05) is 60.1 Å².